The number of urea groups is 1. The smallest absolute Gasteiger partial charge is 0.318 e. The van der Waals surface area contributed by atoms with Gasteiger partial charge in [0.15, 0.2) is 0 Å². The summed E-state index contributed by atoms with van der Waals surface area (Å²) in [6.07, 6.45) is 5.93. The Bertz CT molecular complexity index is 761. The van der Waals surface area contributed by atoms with E-state index in [9.17, 15) is 14.4 Å². The van der Waals surface area contributed by atoms with Crippen LogP contribution in [0.4, 0.5) is 4.79 Å². The summed E-state index contributed by atoms with van der Waals surface area (Å²) in [6, 6.07) is 8.67. The highest BCUT2D eigenvalue weighted by molar-refractivity contribution is 5.89. The normalized spacial score (nSPS) is 22.6. The Hall–Kier alpha value is -2.57. The Balaban J connectivity index is 1.84. The summed E-state index contributed by atoms with van der Waals surface area (Å²) in [7, 11) is 0. The van der Waals surface area contributed by atoms with E-state index in [2.05, 4.69) is 5.32 Å². The first-order valence-electron chi connectivity index (χ1n) is 11.5. The molecule has 0 bridgehead atoms. The fourth-order valence-corrected chi connectivity index (χ4v) is 4.82. The molecule has 2 atom stereocenters. The molecule has 7 nitrogen and oxygen atoms in total. The minimum absolute atomic E-state index is 0.0469. The predicted molar refractivity (Wildman–Crippen MR) is 120 cm³/mol. The highest BCUT2D eigenvalue weighted by Crippen LogP contribution is 2.27. The second-order valence-electron chi connectivity index (χ2n) is 9.37. The van der Waals surface area contributed by atoms with Gasteiger partial charge in [0.05, 0.1) is 6.04 Å². The summed E-state index contributed by atoms with van der Waals surface area (Å²) >= 11 is 0. The molecule has 170 valence electrons. The number of carbonyl (C=O) groups is 3. The molecule has 3 N–H and O–H groups in total. The van der Waals surface area contributed by atoms with Crippen molar-refractivity contribution in [3.05, 3.63) is 35.9 Å². The van der Waals surface area contributed by atoms with Crippen molar-refractivity contribution in [3.63, 3.8) is 0 Å². The molecule has 4 amide bonds. The van der Waals surface area contributed by atoms with Crippen LogP contribution in [-0.2, 0) is 16.1 Å². The zero-order valence-electron chi connectivity index (χ0n) is 18.8. The summed E-state index contributed by atoms with van der Waals surface area (Å²) in [5, 5.41) is 3.14. The first-order chi connectivity index (χ1) is 14.8. The number of amides is 4. The number of nitrogens with two attached hydrogens (primary N) is 1. The Labute approximate surface area is 185 Å². The van der Waals surface area contributed by atoms with Gasteiger partial charge in [-0.25, -0.2) is 4.79 Å². The monoisotopic (exact) mass is 428 g/mol. The van der Waals surface area contributed by atoms with E-state index < -0.39 is 18.0 Å². The van der Waals surface area contributed by atoms with Gasteiger partial charge in [-0.3, -0.25) is 9.59 Å². The number of rotatable bonds is 7. The number of benzene rings is 1. The summed E-state index contributed by atoms with van der Waals surface area (Å²) in [5.74, 6) is -0.292. The zero-order chi connectivity index (χ0) is 22.4. The third kappa shape index (κ3) is 6.21. The van der Waals surface area contributed by atoms with E-state index in [1.165, 1.54) is 6.42 Å². The molecule has 2 fully saturated rings. The van der Waals surface area contributed by atoms with Crippen LogP contribution in [0.2, 0.25) is 0 Å². The Morgan fingerprint density at radius 2 is 1.81 bits per heavy atom. The molecule has 2 aliphatic rings. The molecule has 0 aromatic heterocycles. The maximum atomic E-state index is 13.5. The van der Waals surface area contributed by atoms with Crippen LogP contribution in [0.25, 0.3) is 0 Å². The van der Waals surface area contributed by atoms with Crippen molar-refractivity contribution < 1.29 is 14.4 Å². The SMILES string of the molecule is CC(C)C[C@H]1C(=O)N(Cc2ccccc2)CC(CC(N)=O)N1C(=O)NC1CCCCC1. The van der Waals surface area contributed by atoms with Gasteiger partial charge in [0, 0.05) is 25.6 Å². The molecule has 7 heteroatoms. The summed E-state index contributed by atoms with van der Waals surface area (Å²) in [5.41, 5.74) is 6.57. The summed E-state index contributed by atoms with van der Waals surface area (Å²) < 4.78 is 0. The predicted octanol–water partition coefficient (Wildman–Crippen LogP) is 3.03. The maximum Gasteiger partial charge on any atom is 0.318 e. The van der Waals surface area contributed by atoms with Crippen molar-refractivity contribution >= 4 is 17.8 Å². The topological polar surface area (TPSA) is 95.7 Å². The fourth-order valence-electron chi connectivity index (χ4n) is 4.82. The van der Waals surface area contributed by atoms with Crippen LogP contribution in [0.5, 0.6) is 0 Å². The average molecular weight is 429 g/mol. The zero-order valence-corrected chi connectivity index (χ0v) is 18.8. The van der Waals surface area contributed by atoms with Gasteiger partial charge < -0.3 is 20.9 Å². The Morgan fingerprint density at radius 3 is 2.42 bits per heavy atom. The second kappa shape index (κ2) is 10.6. The molecule has 1 aliphatic heterocycles. The molecule has 31 heavy (non-hydrogen) atoms. The van der Waals surface area contributed by atoms with Crippen LogP contribution in [0, 0.1) is 5.92 Å². The Morgan fingerprint density at radius 1 is 1.13 bits per heavy atom. The van der Waals surface area contributed by atoms with Gasteiger partial charge in [-0.15, -0.1) is 0 Å². The molecular weight excluding hydrogens is 392 g/mol. The van der Waals surface area contributed by atoms with Gasteiger partial charge in [0.1, 0.15) is 6.04 Å². The quantitative estimate of drug-likeness (QED) is 0.699. The highest BCUT2D eigenvalue weighted by Gasteiger charge is 2.44. The number of nitrogens with zero attached hydrogens (tertiary/aromatic N) is 2. The van der Waals surface area contributed by atoms with E-state index in [0.29, 0.717) is 19.5 Å². The van der Waals surface area contributed by atoms with E-state index in [1.807, 2.05) is 44.2 Å². The van der Waals surface area contributed by atoms with Crippen LogP contribution in [0.3, 0.4) is 0 Å². The number of hydrogen-bond acceptors (Lipinski definition) is 3. The van der Waals surface area contributed by atoms with Crippen molar-refractivity contribution in [3.8, 4) is 0 Å². The number of hydrogen-bond donors (Lipinski definition) is 2. The fraction of sp³-hybridized carbons (Fsp3) is 0.625. The molecule has 1 saturated heterocycles. The minimum Gasteiger partial charge on any atom is -0.370 e. The highest BCUT2D eigenvalue weighted by atomic mass is 16.2. The lowest BCUT2D eigenvalue weighted by molar-refractivity contribution is -0.145. The summed E-state index contributed by atoms with van der Waals surface area (Å²) in [4.78, 5) is 42.1. The van der Waals surface area contributed by atoms with E-state index in [-0.39, 0.29) is 30.3 Å². The lowest BCUT2D eigenvalue weighted by Crippen LogP contribution is -2.66. The maximum absolute atomic E-state index is 13.5. The third-order valence-corrected chi connectivity index (χ3v) is 6.27. The lowest BCUT2D eigenvalue weighted by Gasteiger charge is -2.46. The second-order valence-corrected chi connectivity index (χ2v) is 9.37. The van der Waals surface area contributed by atoms with Crippen LogP contribution < -0.4 is 11.1 Å². The van der Waals surface area contributed by atoms with E-state index in [1.54, 1.807) is 9.80 Å². The van der Waals surface area contributed by atoms with Gasteiger partial charge in [-0.1, -0.05) is 63.4 Å². The van der Waals surface area contributed by atoms with Crippen molar-refractivity contribution in [1.29, 1.82) is 0 Å². The lowest BCUT2D eigenvalue weighted by atomic mass is 9.94. The van der Waals surface area contributed by atoms with E-state index in [4.69, 9.17) is 5.73 Å². The molecule has 0 spiro atoms. The molecule has 1 unspecified atom stereocenters. The molecule has 1 aliphatic carbocycles. The number of primary amides is 1. The summed E-state index contributed by atoms with van der Waals surface area (Å²) in [6.45, 7) is 4.86. The first-order valence-corrected chi connectivity index (χ1v) is 11.5. The number of piperazine rings is 1. The first kappa shape index (κ1) is 23.1. The van der Waals surface area contributed by atoms with Gasteiger partial charge in [0.2, 0.25) is 11.8 Å². The van der Waals surface area contributed by atoms with Crippen molar-refractivity contribution in [2.75, 3.05) is 6.54 Å². The average Bonchev–Trinajstić information content (AvgIpc) is 2.72. The standard InChI is InChI=1S/C24H36N4O3/c1-17(2)13-21-23(30)27(15-18-9-5-3-6-10-18)16-20(14-22(25)29)28(21)24(31)26-19-11-7-4-8-12-19/h3,5-6,9-10,17,19-21H,4,7-8,11-16H2,1-2H3,(H2,25,29)(H,26,31)/t20?,21-/m0/s1. The van der Waals surface area contributed by atoms with Gasteiger partial charge in [0.25, 0.3) is 0 Å². The van der Waals surface area contributed by atoms with Crippen LogP contribution >= 0.6 is 0 Å². The molecule has 1 saturated carbocycles. The molecule has 1 aromatic carbocycles. The van der Waals surface area contributed by atoms with Crippen LogP contribution in [0.15, 0.2) is 30.3 Å². The van der Waals surface area contributed by atoms with Crippen molar-refractivity contribution in [2.24, 2.45) is 11.7 Å². The molecule has 1 heterocycles. The molecule has 3 rings (SSSR count). The van der Waals surface area contributed by atoms with Gasteiger partial charge in [-0.2, -0.15) is 0 Å². The number of nitrogens with one attached hydrogen (secondary N) is 1. The molecular formula is C24H36N4O3. The molecule has 1 aromatic rings. The number of carbonyl (C=O) groups excluding carboxylic acids is 3. The van der Waals surface area contributed by atoms with Gasteiger partial charge in [-0.05, 0) is 30.7 Å². The van der Waals surface area contributed by atoms with Crippen molar-refractivity contribution in [1.82, 2.24) is 15.1 Å². The Kier molecular flexibility index (Phi) is 7.93. The van der Waals surface area contributed by atoms with Crippen molar-refractivity contribution in [2.45, 2.75) is 83.5 Å². The minimum atomic E-state index is -0.592. The van der Waals surface area contributed by atoms with Crippen LogP contribution in [0.1, 0.15) is 64.4 Å². The molecule has 0 radical (unpaired) electrons. The van der Waals surface area contributed by atoms with E-state index in [0.717, 1.165) is 31.2 Å². The third-order valence-electron chi connectivity index (χ3n) is 6.27. The van der Waals surface area contributed by atoms with Crippen LogP contribution in [-0.4, -0.2) is 52.3 Å². The van der Waals surface area contributed by atoms with E-state index >= 15 is 0 Å². The largest absolute Gasteiger partial charge is 0.370 e. The van der Waals surface area contributed by atoms with Gasteiger partial charge >= 0.3 is 6.03 Å².